The first-order valence-electron chi connectivity index (χ1n) is 8.10. The minimum absolute atomic E-state index is 0.0752. The molecule has 1 aromatic carbocycles. The highest BCUT2D eigenvalue weighted by Crippen LogP contribution is 2.19. The topological polar surface area (TPSA) is 101 Å². The summed E-state index contributed by atoms with van der Waals surface area (Å²) in [6.07, 6.45) is 1.53. The fourth-order valence-electron chi connectivity index (χ4n) is 2.56. The second-order valence-corrected chi connectivity index (χ2v) is 5.56. The van der Waals surface area contributed by atoms with Gasteiger partial charge in [0, 0.05) is 18.7 Å². The number of aromatic nitrogens is 2. The Morgan fingerprint density at radius 1 is 1.32 bits per heavy atom. The molecule has 1 amide bonds. The molecule has 134 valence electrons. The van der Waals surface area contributed by atoms with Crippen molar-refractivity contribution in [2.75, 3.05) is 17.2 Å². The highest BCUT2D eigenvalue weighted by Gasteiger charge is 2.24. The standard InChI is InChI=1S/C17H21FN4O3/c1-3-5-9-22-14(19)13(15(23)20-17(22)25)21(4-2)16(24)11-7-6-8-12(18)10-11/h6-8,10H,3-5,9,19H2,1-2H3,(H,20,23,25). The van der Waals surface area contributed by atoms with Crippen LogP contribution in [0, 0.1) is 5.82 Å². The molecule has 1 heterocycles. The first-order valence-corrected chi connectivity index (χ1v) is 8.10. The maximum Gasteiger partial charge on any atom is 0.330 e. The number of benzene rings is 1. The van der Waals surface area contributed by atoms with Crippen LogP contribution in [0.5, 0.6) is 0 Å². The van der Waals surface area contributed by atoms with Gasteiger partial charge in [0.05, 0.1) is 0 Å². The number of amides is 1. The van der Waals surface area contributed by atoms with Crippen molar-refractivity contribution < 1.29 is 9.18 Å². The maximum absolute atomic E-state index is 13.4. The number of hydrogen-bond acceptors (Lipinski definition) is 4. The number of unbranched alkanes of at least 4 members (excludes halogenated alkanes) is 1. The van der Waals surface area contributed by atoms with Gasteiger partial charge in [-0.05, 0) is 31.5 Å². The summed E-state index contributed by atoms with van der Waals surface area (Å²) in [7, 11) is 0. The van der Waals surface area contributed by atoms with Crippen LogP contribution in [0.15, 0.2) is 33.9 Å². The normalized spacial score (nSPS) is 10.7. The molecule has 8 heteroatoms. The quantitative estimate of drug-likeness (QED) is 0.830. The number of hydrogen-bond donors (Lipinski definition) is 2. The van der Waals surface area contributed by atoms with Gasteiger partial charge in [-0.25, -0.2) is 9.18 Å². The molecule has 0 atom stereocenters. The summed E-state index contributed by atoms with van der Waals surface area (Å²) in [5.41, 5.74) is 4.64. The first kappa shape index (κ1) is 18.4. The van der Waals surface area contributed by atoms with E-state index in [1.807, 2.05) is 6.92 Å². The van der Waals surface area contributed by atoms with Crippen LogP contribution < -0.4 is 21.9 Å². The Morgan fingerprint density at radius 3 is 2.64 bits per heavy atom. The summed E-state index contributed by atoms with van der Waals surface area (Å²) in [5, 5.41) is 0. The van der Waals surface area contributed by atoms with Crippen molar-refractivity contribution in [2.45, 2.75) is 33.2 Å². The van der Waals surface area contributed by atoms with Crippen molar-refractivity contribution in [3.63, 3.8) is 0 Å². The van der Waals surface area contributed by atoms with E-state index in [-0.39, 0.29) is 23.6 Å². The van der Waals surface area contributed by atoms with Gasteiger partial charge in [0.1, 0.15) is 11.6 Å². The van der Waals surface area contributed by atoms with Gasteiger partial charge in [-0.2, -0.15) is 0 Å². The molecule has 0 aliphatic carbocycles. The Bertz CT molecular complexity index is 888. The minimum atomic E-state index is -0.748. The fraction of sp³-hybridized carbons (Fsp3) is 0.353. The van der Waals surface area contributed by atoms with Crippen molar-refractivity contribution in [3.8, 4) is 0 Å². The van der Waals surface area contributed by atoms with Gasteiger partial charge in [0.2, 0.25) is 0 Å². The van der Waals surface area contributed by atoms with Crippen LogP contribution in [0.2, 0.25) is 0 Å². The summed E-state index contributed by atoms with van der Waals surface area (Å²) in [6, 6.07) is 5.17. The average molecular weight is 348 g/mol. The SMILES string of the molecule is CCCCn1c(N)c(N(CC)C(=O)c2cccc(F)c2)c(=O)[nH]c1=O. The number of halogens is 1. The summed E-state index contributed by atoms with van der Waals surface area (Å²) in [4.78, 5) is 40.3. The van der Waals surface area contributed by atoms with E-state index in [1.165, 1.54) is 22.8 Å². The molecule has 0 unspecified atom stereocenters. The Balaban J connectivity index is 2.55. The lowest BCUT2D eigenvalue weighted by atomic mass is 10.2. The Labute approximate surface area is 143 Å². The van der Waals surface area contributed by atoms with Gasteiger partial charge in [0.25, 0.3) is 11.5 Å². The molecule has 2 aromatic rings. The lowest BCUT2D eigenvalue weighted by molar-refractivity contribution is 0.0987. The smallest absolute Gasteiger partial charge is 0.330 e. The summed E-state index contributed by atoms with van der Waals surface area (Å²) in [6.45, 7) is 4.09. The first-order chi connectivity index (χ1) is 11.9. The van der Waals surface area contributed by atoms with Gasteiger partial charge >= 0.3 is 5.69 Å². The van der Waals surface area contributed by atoms with Gasteiger partial charge in [-0.15, -0.1) is 0 Å². The molecule has 7 nitrogen and oxygen atoms in total. The predicted octanol–water partition coefficient (Wildman–Crippen LogP) is 1.72. The highest BCUT2D eigenvalue weighted by molar-refractivity contribution is 6.07. The van der Waals surface area contributed by atoms with Crippen LogP contribution in [-0.4, -0.2) is 22.0 Å². The summed E-state index contributed by atoms with van der Waals surface area (Å²) >= 11 is 0. The third kappa shape index (κ3) is 3.78. The van der Waals surface area contributed by atoms with E-state index < -0.39 is 23.0 Å². The van der Waals surface area contributed by atoms with Crippen LogP contribution in [0.25, 0.3) is 0 Å². The van der Waals surface area contributed by atoms with Gasteiger partial charge in [-0.1, -0.05) is 19.4 Å². The second kappa shape index (κ2) is 7.78. The van der Waals surface area contributed by atoms with Crippen LogP contribution in [0.1, 0.15) is 37.0 Å². The number of carbonyl (C=O) groups is 1. The number of carbonyl (C=O) groups excluding carboxylic acids is 1. The fourth-order valence-corrected chi connectivity index (χ4v) is 2.56. The molecule has 0 fully saturated rings. The molecule has 0 bridgehead atoms. The largest absolute Gasteiger partial charge is 0.383 e. The molecule has 0 aliphatic rings. The van der Waals surface area contributed by atoms with Crippen molar-refractivity contribution in [1.29, 1.82) is 0 Å². The molecule has 0 radical (unpaired) electrons. The molecule has 0 aliphatic heterocycles. The van der Waals surface area contributed by atoms with E-state index in [0.717, 1.165) is 17.4 Å². The number of nitrogens with one attached hydrogen (secondary N) is 1. The zero-order valence-corrected chi connectivity index (χ0v) is 14.2. The zero-order chi connectivity index (χ0) is 18.6. The van der Waals surface area contributed by atoms with Gasteiger partial charge < -0.3 is 10.6 Å². The van der Waals surface area contributed by atoms with E-state index in [0.29, 0.717) is 13.0 Å². The summed E-state index contributed by atoms with van der Waals surface area (Å²) < 4.78 is 14.6. The Morgan fingerprint density at radius 2 is 2.04 bits per heavy atom. The lowest BCUT2D eigenvalue weighted by Gasteiger charge is -2.23. The van der Waals surface area contributed by atoms with Crippen molar-refractivity contribution in [1.82, 2.24) is 9.55 Å². The lowest BCUT2D eigenvalue weighted by Crippen LogP contribution is -2.41. The van der Waals surface area contributed by atoms with E-state index in [2.05, 4.69) is 4.98 Å². The number of anilines is 2. The van der Waals surface area contributed by atoms with Crippen molar-refractivity contribution in [3.05, 3.63) is 56.5 Å². The van der Waals surface area contributed by atoms with E-state index >= 15 is 0 Å². The molecular weight excluding hydrogens is 327 g/mol. The molecule has 2 rings (SSSR count). The molecule has 25 heavy (non-hydrogen) atoms. The van der Waals surface area contributed by atoms with Gasteiger partial charge in [-0.3, -0.25) is 19.1 Å². The number of nitrogens with two attached hydrogens (primary N) is 1. The van der Waals surface area contributed by atoms with E-state index in [4.69, 9.17) is 5.73 Å². The second-order valence-electron chi connectivity index (χ2n) is 5.56. The molecular formula is C17H21FN4O3. The Kier molecular flexibility index (Phi) is 5.74. The minimum Gasteiger partial charge on any atom is -0.383 e. The summed E-state index contributed by atoms with van der Waals surface area (Å²) in [5.74, 6) is -1.20. The number of H-pyrrole nitrogens is 1. The molecule has 0 spiro atoms. The Hall–Kier alpha value is -2.90. The number of rotatable bonds is 6. The monoisotopic (exact) mass is 348 g/mol. The molecule has 0 saturated carbocycles. The predicted molar refractivity (Wildman–Crippen MR) is 94.4 cm³/mol. The number of nitrogen functional groups attached to an aromatic ring is 1. The van der Waals surface area contributed by atoms with Crippen LogP contribution in [0.4, 0.5) is 15.9 Å². The van der Waals surface area contributed by atoms with E-state index in [9.17, 15) is 18.8 Å². The molecule has 0 saturated heterocycles. The zero-order valence-electron chi connectivity index (χ0n) is 14.2. The van der Waals surface area contributed by atoms with Crippen molar-refractivity contribution in [2.24, 2.45) is 0 Å². The third-order valence-corrected chi connectivity index (χ3v) is 3.85. The average Bonchev–Trinajstić information content (AvgIpc) is 2.57. The molecule has 1 aromatic heterocycles. The van der Waals surface area contributed by atoms with E-state index in [1.54, 1.807) is 6.92 Å². The van der Waals surface area contributed by atoms with Crippen LogP contribution in [0.3, 0.4) is 0 Å². The molecule has 3 N–H and O–H groups in total. The maximum atomic E-state index is 13.4. The third-order valence-electron chi connectivity index (χ3n) is 3.85. The number of nitrogens with zero attached hydrogens (tertiary/aromatic N) is 2. The van der Waals surface area contributed by atoms with Crippen LogP contribution in [-0.2, 0) is 6.54 Å². The van der Waals surface area contributed by atoms with Crippen LogP contribution >= 0.6 is 0 Å². The number of aromatic amines is 1. The van der Waals surface area contributed by atoms with Crippen molar-refractivity contribution >= 4 is 17.4 Å². The highest BCUT2D eigenvalue weighted by atomic mass is 19.1. The van der Waals surface area contributed by atoms with Gasteiger partial charge in [0.15, 0.2) is 5.69 Å².